The molecule has 4 nitrogen and oxygen atoms in total. The molecule has 0 aliphatic heterocycles. The molecule has 0 amide bonds. The number of nitrogens with zero attached hydrogens (tertiary/aromatic N) is 2. The summed E-state index contributed by atoms with van der Waals surface area (Å²) in [7, 11) is 1.79. The quantitative estimate of drug-likeness (QED) is 0.458. The third kappa shape index (κ3) is 5.73. The number of nitrogens with one attached hydrogen (secondary N) is 2. The lowest BCUT2D eigenvalue weighted by atomic mass is 10.4. The van der Waals surface area contributed by atoms with Gasteiger partial charge in [0.2, 0.25) is 0 Å². The number of thioether (sulfide) groups is 1. The van der Waals surface area contributed by atoms with Gasteiger partial charge < -0.3 is 10.6 Å². The van der Waals surface area contributed by atoms with E-state index in [4.69, 9.17) is 0 Å². The summed E-state index contributed by atoms with van der Waals surface area (Å²) in [6.07, 6.45) is 6.29. The fraction of sp³-hybridized carbons (Fsp3) is 0.667. The molecule has 6 heteroatoms. The highest BCUT2D eigenvalue weighted by Crippen LogP contribution is 2.12. The number of guanidine groups is 1. The molecule has 0 aliphatic rings. The minimum atomic E-state index is 0.743. The average Bonchev–Trinajstić information content (AvgIpc) is 2.86. The summed E-state index contributed by atoms with van der Waals surface area (Å²) >= 11 is 3.63. The van der Waals surface area contributed by atoms with E-state index >= 15 is 0 Å². The van der Waals surface area contributed by atoms with Crippen molar-refractivity contribution in [1.82, 2.24) is 15.6 Å². The summed E-state index contributed by atoms with van der Waals surface area (Å²) in [5.74, 6) is 2.03. The van der Waals surface area contributed by atoms with Crippen LogP contribution in [0.15, 0.2) is 11.2 Å². The van der Waals surface area contributed by atoms with Gasteiger partial charge in [0, 0.05) is 24.7 Å². The molecule has 0 atom stereocenters. The zero-order valence-electron chi connectivity index (χ0n) is 11.3. The van der Waals surface area contributed by atoms with Crippen LogP contribution in [0.4, 0.5) is 0 Å². The molecular weight excluding hydrogens is 264 g/mol. The summed E-state index contributed by atoms with van der Waals surface area (Å²) in [6, 6.07) is 0. The highest BCUT2D eigenvalue weighted by Gasteiger charge is 2.02. The second kappa shape index (κ2) is 9.22. The van der Waals surface area contributed by atoms with Crippen LogP contribution >= 0.6 is 23.1 Å². The zero-order chi connectivity index (χ0) is 13.2. The lowest BCUT2D eigenvalue weighted by Crippen LogP contribution is -2.37. The third-order valence-electron chi connectivity index (χ3n) is 2.40. The monoisotopic (exact) mass is 286 g/mol. The van der Waals surface area contributed by atoms with Crippen LogP contribution in [0, 0.1) is 0 Å². The van der Waals surface area contributed by atoms with Crippen LogP contribution in [-0.4, -0.2) is 36.5 Å². The van der Waals surface area contributed by atoms with Gasteiger partial charge in [0.25, 0.3) is 0 Å². The first-order chi connectivity index (χ1) is 8.80. The maximum absolute atomic E-state index is 4.37. The van der Waals surface area contributed by atoms with Crippen LogP contribution in [0.1, 0.15) is 23.2 Å². The minimum absolute atomic E-state index is 0.743. The largest absolute Gasteiger partial charge is 0.356 e. The molecule has 1 rings (SSSR count). The Kier molecular flexibility index (Phi) is 7.84. The van der Waals surface area contributed by atoms with Crippen molar-refractivity contribution in [2.24, 2.45) is 4.99 Å². The van der Waals surface area contributed by atoms with Crippen molar-refractivity contribution in [2.45, 2.75) is 26.3 Å². The molecule has 0 aromatic carbocycles. The number of rotatable bonds is 7. The predicted octanol–water partition coefficient (Wildman–Crippen LogP) is 2.12. The van der Waals surface area contributed by atoms with Crippen molar-refractivity contribution < 1.29 is 0 Å². The number of aryl methyl sites for hydroxylation is 1. The van der Waals surface area contributed by atoms with Gasteiger partial charge in [-0.1, -0.05) is 6.92 Å². The van der Waals surface area contributed by atoms with Gasteiger partial charge in [0.1, 0.15) is 5.01 Å². The van der Waals surface area contributed by atoms with E-state index in [1.807, 2.05) is 18.0 Å². The van der Waals surface area contributed by atoms with E-state index in [1.54, 1.807) is 18.4 Å². The predicted molar refractivity (Wildman–Crippen MR) is 82.7 cm³/mol. The Hall–Kier alpha value is -0.750. The molecule has 102 valence electrons. The van der Waals surface area contributed by atoms with Gasteiger partial charge in [0.15, 0.2) is 5.96 Å². The van der Waals surface area contributed by atoms with Gasteiger partial charge in [-0.3, -0.25) is 4.99 Å². The fourth-order valence-corrected chi connectivity index (χ4v) is 2.63. The van der Waals surface area contributed by atoms with Gasteiger partial charge in [-0.25, -0.2) is 4.98 Å². The third-order valence-corrected chi connectivity index (χ3v) is 4.24. The number of aliphatic imine (C=N–C) groups is 1. The smallest absolute Gasteiger partial charge is 0.191 e. The lowest BCUT2D eigenvalue weighted by Gasteiger charge is -2.10. The van der Waals surface area contributed by atoms with E-state index in [0.717, 1.165) is 36.9 Å². The number of hydrogen-bond acceptors (Lipinski definition) is 4. The number of aromatic nitrogens is 1. The molecule has 1 aromatic rings. The SMILES string of the molecule is CCc1cnc(CNC(=NC)NCCCSC)s1. The number of hydrogen-bond donors (Lipinski definition) is 2. The van der Waals surface area contributed by atoms with Crippen molar-refractivity contribution in [3.05, 3.63) is 16.1 Å². The average molecular weight is 286 g/mol. The molecule has 0 saturated heterocycles. The Morgan fingerprint density at radius 1 is 1.50 bits per heavy atom. The molecule has 0 saturated carbocycles. The lowest BCUT2D eigenvalue weighted by molar-refractivity contribution is 0.783. The molecule has 1 aromatic heterocycles. The van der Waals surface area contributed by atoms with Crippen LogP contribution in [0.2, 0.25) is 0 Å². The molecular formula is C12H22N4S2. The maximum atomic E-state index is 4.37. The van der Waals surface area contributed by atoms with Crippen LogP contribution in [0.25, 0.3) is 0 Å². The van der Waals surface area contributed by atoms with Crippen molar-refractivity contribution >= 4 is 29.1 Å². The summed E-state index contributed by atoms with van der Waals surface area (Å²) in [4.78, 5) is 9.89. The first-order valence-electron chi connectivity index (χ1n) is 6.17. The van der Waals surface area contributed by atoms with Crippen molar-refractivity contribution in [3.63, 3.8) is 0 Å². The molecule has 1 heterocycles. The normalized spacial score (nSPS) is 11.6. The maximum Gasteiger partial charge on any atom is 0.191 e. The van der Waals surface area contributed by atoms with Crippen LogP contribution < -0.4 is 10.6 Å². The summed E-state index contributed by atoms with van der Waals surface area (Å²) < 4.78 is 0. The molecule has 0 unspecified atom stereocenters. The summed E-state index contributed by atoms with van der Waals surface area (Å²) in [5.41, 5.74) is 0. The molecule has 0 fully saturated rings. The van der Waals surface area contributed by atoms with Crippen LogP contribution in [0.3, 0.4) is 0 Å². The second-order valence-corrected chi connectivity index (χ2v) is 5.96. The Balaban J connectivity index is 2.26. The first-order valence-corrected chi connectivity index (χ1v) is 8.38. The highest BCUT2D eigenvalue weighted by molar-refractivity contribution is 7.98. The molecule has 0 radical (unpaired) electrons. The Morgan fingerprint density at radius 2 is 2.33 bits per heavy atom. The van der Waals surface area contributed by atoms with E-state index in [9.17, 15) is 0 Å². The topological polar surface area (TPSA) is 49.3 Å². The number of thiazole rings is 1. The molecule has 0 spiro atoms. The fourth-order valence-electron chi connectivity index (χ4n) is 1.40. The highest BCUT2D eigenvalue weighted by atomic mass is 32.2. The molecule has 2 N–H and O–H groups in total. The van der Waals surface area contributed by atoms with Gasteiger partial charge in [-0.05, 0) is 24.9 Å². The minimum Gasteiger partial charge on any atom is -0.356 e. The van der Waals surface area contributed by atoms with E-state index in [2.05, 4.69) is 33.8 Å². The van der Waals surface area contributed by atoms with E-state index in [0.29, 0.717) is 0 Å². The van der Waals surface area contributed by atoms with E-state index in [-0.39, 0.29) is 0 Å². The van der Waals surface area contributed by atoms with Gasteiger partial charge >= 0.3 is 0 Å². The molecule has 18 heavy (non-hydrogen) atoms. The van der Waals surface area contributed by atoms with Gasteiger partial charge in [-0.2, -0.15) is 11.8 Å². The Labute approximate surface area is 118 Å². The molecule has 0 bridgehead atoms. The standard InChI is InChI=1S/C12H22N4S2/c1-4-10-8-15-11(18-10)9-16-12(13-2)14-6-5-7-17-3/h8H,4-7,9H2,1-3H3,(H2,13,14,16). The van der Waals surface area contributed by atoms with Gasteiger partial charge in [-0.15, -0.1) is 11.3 Å². The molecule has 0 aliphatic carbocycles. The second-order valence-electron chi connectivity index (χ2n) is 3.77. The van der Waals surface area contributed by atoms with Crippen LogP contribution in [0.5, 0.6) is 0 Å². The Bertz CT molecular complexity index is 363. The van der Waals surface area contributed by atoms with E-state index < -0.39 is 0 Å². The summed E-state index contributed by atoms with van der Waals surface area (Å²) in [6.45, 7) is 3.85. The Morgan fingerprint density at radius 3 is 2.94 bits per heavy atom. The van der Waals surface area contributed by atoms with Crippen molar-refractivity contribution in [3.8, 4) is 0 Å². The van der Waals surface area contributed by atoms with Crippen LogP contribution in [-0.2, 0) is 13.0 Å². The first kappa shape index (κ1) is 15.3. The van der Waals surface area contributed by atoms with E-state index in [1.165, 1.54) is 10.6 Å². The zero-order valence-corrected chi connectivity index (χ0v) is 13.0. The van der Waals surface area contributed by atoms with Crippen molar-refractivity contribution in [2.75, 3.05) is 25.6 Å². The van der Waals surface area contributed by atoms with Gasteiger partial charge in [0.05, 0.1) is 6.54 Å². The summed E-state index contributed by atoms with van der Waals surface area (Å²) in [5, 5.41) is 7.69. The van der Waals surface area contributed by atoms with Crippen molar-refractivity contribution in [1.29, 1.82) is 0 Å².